The Morgan fingerprint density at radius 3 is 1.92 bits per heavy atom. The molecule has 0 bridgehead atoms. The third kappa shape index (κ3) is 2.45. The Kier molecular flexibility index (Phi) is 4.78. The number of hydrogen-bond acceptors (Lipinski definition) is 3. The van der Waals surface area contributed by atoms with Gasteiger partial charge >= 0.3 is 0 Å². The van der Waals surface area contributed by atoms with Crippen LogP contribution in [0.5, 0.6) is 0 Å². The SMILES string of the molecule is Cl.O=C(Cl)c1c(Cl)ncnc1Cl. The van der Waals surface area contributed by atoms with Crippen LogP contribution in [-0.2, 0) is 0 Å². The molecule has 0 radical (unpaired) electrons. The molecule has 0 saturated heterocycles. The van der Waals surface area contributed by atoms with Crippen LogP contribution in [0.4, 0.5) is 0 Å². The lowest BCUT2D eigenvalue weighted by Crippen LogP contribution is -1.96. The van der Waals surface area contributed by atoms with E-state index in [1.54, 1.807) is 0 Å². The summed E-state index contributed by atoms with van der Waals surface area (Å²) in [4.78, 5) is 17.7. The van der Waals surface area contributed by atoms with E-state index in [1.807, 2.05) is 0 Å². The first-order valence-electron chi connectivity index (χ1n) is 2.48. The van der Waals surface area contributed by atoms with Crippen molar-refractivity contribution in [2.45, 2.75) is 0 Å². The Morgan fingerprint density at radius 2 is 1.67 bits per heavy atom. The van der Waals surface area contributed by atoms with Crippen LogP contribution in [0.3, 0.4) is 0 Å². The zero-order chi connectivity index (χ0) is 8.43. The fourth-order valence-corrected chi connectivity index (χ4v) is 1.27. The second-order valence-corrected chi connectivity index (χ2v) is 2.66. The van der Waals surface area contributed by atoms with Gasteiger partial charge in [-0.2, -0.15) is 0 Å². The van der Waals surface area contributed by atoms with E-state index in [0.29, 0.717) is 0 Å². The molecule has 0 aromatic carbocycles. The fourth-order valence-electron chi connectivity index (χ4n) is 0.507. The number of rotatable bonds is 1. The van der Waals surface area contributed by atoms with E-state index in [0.717, 1.165) is 6.33 Å². The van der Waals surface area contributed by atoms with Gasteiger partial charge in [0.2, 0.25) is 0 Å². The second kappa shape index (κ2) is 4.82. The van der Waals surface area contributed by atoms with Gasteiger partial charge in [0.05, 0.1) is 0 Å². The first kappa shape index (κ1) is 11.9. The van der Waals surface area contributed by atoms with Crippen LogP contribution < -0.4 is 0 Å². The topological polar surface area (TPSA) is 42.9 Å². The molecule has 7 heteroatoms. The molecular weight excluding hydrogens is 246 g/mol. The van der Waals surface area contributed by atoms with Crippen LogP contribution in [0.1, 0.15) is 10.4 Å². The van der Waals surface area contributed by atoms with Gasteiger partial charge in [-0.25, -0.2) is 9.97 Å². The van der Waals surface area contributed by atoms with E-state index >= 15 is 0 Å². The van der Waals surface area contributed by atoms with Crippen molar-refractivity contribution in [3.8, 4) is 0 Å². The van der Waals surface area contributed by atoms with Gasteiger partial charge in [0.25, 0.3) is 5.24 Å². The molecule has 1 rings (SSSR count). The molecule has 0 atom stereocenters. The van der Waals surface area contributed by atoms with Gasteiger partial charge in [0.15, 0.2) is 0 Å². The van der Waals surface area contributed by atoms with Gasteiger partial charge in [0, 0.05) is 0 Å². The highest BCUT2D eigenvalue weighted by Gasteiger charge is 2.13. The lowest BCUT2D eigenvalue weighted by atomic mass is 10.4. The number of carbonyl (C=O) groups is 1. The largest absolute Gasteiger partial charge is 0.275 e. The molecule has 1 heterocycles. The van der Waals surface area contributed by atoms with Crippen molar-refractivity contribution in [2.24, 2.45) is 0 Å². The van der Waals surface area contributed by atoms with E-state index < -0.39 is 5.24 Å². The molecule has 0 N–H and O–H groups in total. The molecule has 0 aliphatic heterocycles. The summed E-state index contributed by atoms with van der Waals surface area (Å²) in [7, 11) is 0. The van der Waals surface area contributed by atoms with E-state index in [4.69, 9.17) is 34.8 Å². The molecular formula is C5H2Cl4N2O. The molecule has 0 saturated carbocycles. The van der Waals surface area contributed by atoms with Crippen LogP contribution in [-0.4, -0.2) is 15.2 Å². The molecule has 1 aromatic rings. The zero-order valence-corrected chi connectivity index (χ0v) is 8.51. The number of hydrogen-bond donors (Lipinski definition) is 0. The van der Waals surface area contributed by atoms with Crippen LogP contribution >= 0.6 is 47.2 Å². The molecule has 0 fully saturated rings. The summed E-state index contributed by atoms with van der Waals surface area (Å²) < 4.78 is 0. The highest BCUT2D eigenvalue weighted by Crippen LogP contribution is 2.20. The van der Waals surface area contributed by atoms with Crippen molar-refractivity contribution in [1.29, 1.82) is 0 Å². The number of nitrogens with zero attached hydrogens (tertiary/aromatic N) is 2. The monoisotopic (exact) mass is 246 g/mol. The smallest absolute Gasteiger partial charge is 0.258 e. The minimum absolute atomic E-state index is 0. The molecule has 66 valence electrons. The minimum atomic E-state index is -0.763. The van der Waals surface area contributed by atoms with Crippen LogP contribution in [0.25, 0.3) is 0 Å². The van der Waals surface area contributed by atoms with Gasteiger partial charge in [0.1, 0.15) is 22.2 Å². The van der Waals surface area contributed by atoms with E-state index in [1.165, 1.54) is 0 Å². The van der Waals surface area contributed by atoms with Gasteiger partial charge in [-0.1, -0.05) is 23.2 Å². The fraction of sp³-hybridized carbons (Fsp3) is 0. The first-order valence-corrected chi connectivity index (χ1v) is 3.62. The van der Waals surface area contributed by atoms with Gasteiger partial charge in [-0.3, -0.25) is 4.79 Å². The molecule has 0 aliphatic rings. The van der Waals surface area contributed by atoms with E-state index in [9.17, 15) is 4.79 Å². The van der Waals surface area contributed by atoms with E-state index in [2.05, 4.69) is 9.97 Å². The maximum Gasteiger partial charge on any atom is 0.258 e. The quantitative estimate of drug-likeness (QED) is 0.566. The molecule has 1 aromatic heterocycles. The highest BCUT2D eigenvalue weighted by atomic mass is 35.5. The van der Waals surface area contributed by atoms with Crippen molar-refractivity contribution in [1.82, 2.24) is 9.97 Å². The average molecular weight is 248 g/mol. The van der Waals surface area contributed by atoms with Crippen molar-refractivity contribution >= 4 is 52.5 Å². The molecule has 0 spiro atoms. The Labute approximate surface area is 89.5 Å². The summed E-state index contributed by atoms with van der Waals surface area (Å²) in [6, 6.07) is 0. The Morgan fingerprint density at radius 1 is 1.25 bits per heavy atom. The maximum absolute atomic E-state index is 10.6. The van der Waals surface area contributed by atoms with Crippen LogP contribution in [0, 0.1) is 0 Å². The standard InChI is InChI=1S/C5HCl3N2O.ClH/c6-3-2(5(8)11)4(7)10-1-9-3;/h1H;1H. The summed E-state index contributed by atoms with van der Waals surface area (Å²) in [6.45, 7) is 0. The summed E-state index contributed by atoms with van der Waals surface area (Å²) in [5.41, 5.74) is -0.0579. The number of halogens is 4. The third-order valence-corrected chi connectivity index (χ3v) is 1.71. The summed E-state index contributed by atoms with van der Waals surface area (Å²) in [5, 5.41) is -0.837. The van der Waals surface area contributed by atoms with Crippen LogP contribution in [0.2, 0.25) is 10.3 Å². The maximum atomic E-state index is 10.6. The number of aromatic nitrogens is 2. The summed E-state index contributed by atoms with van der Waals surface area (Å²) >= 11 is 16.1. The lowest BCUT2D eigenvalue weighted by Gasteiger charge is -1.96. The normalized spacial score (nSPS) is 8.92. The lowest BCUT2D eigenvalue weighted by molar-refractivity contribution is 0.108. The Bertz CT molecular complexity index is 283. The molecule has 0 amide bonds. The average Bonchev–Trinajstić information content (AvgIpc) is 1.85. The first-order chi connectivity index (χ1) is 5.13. The minimum Gasteiger partial charge on any atom is -0.275 e. The predicted octanol–water partition coefficient (Wildman–Crippen LogP) is 2.58. The molecule has 0 unspecified atom stereocenters. The predicted molar refractivity (Wildman–Crippen MR) is 49.5 cm³/mol. The summed E-state index contributed by atoms with van der Waals surface area (Å²) in [6.07, 6.45) is 1.15. The van der Waals surface area contributed by atoms with E-state index in [-0.39, 0.29) is 28.3 Å². The Hall–Kier alpha value is -0.0900. The van der Waals surface area contributed by atoms with Crippen molar-refractivity contribution in [3.63, 3.8) is 0 Å². The molecule has 12 heavy (non-hydrogen) atoms. The number of carbonyl (C=O) groups excluding carboxylic acids is 1. The Balaban J connectivity index is 0.00000121. The zero-order valence-electron chi connectivity index (χ0n) is 5.42. The highest BCUT2D eigenvalue weighted by molar-refractivity contribution is 6.69. The summed E-state index contributed by atoms with van der Waals surface area (Å²) in [5.74, 6) is 0. The second-order valence-electron chi connectivity index (χ2n) is 1.60. The van der Waals surface area contributed by atoms with Crippen molar-refractivity contribution < 1.29 is 4.79 Å². The molecule has 0 aliphatic carbocycles. The van der Waals surface area contributed by atoms with Crippen LogP contribution in [0.15, 0.2) is 6.33 Å². The van der Waals surface area contributed by atoms with Gasteiger partial charge in [-0.15, -0.1) is 12.4 Å². The van der Waals surface area contributed by atoms with Crippen molar-refractivity contribution in [3.05, 3.63) is 22.2 Å². The van der Waals surface area contributed by atoms with Gasteiger partial charge < -0.3 is 0 Å². The van der Waals surface area contributed by atoms with Gasteiger partial charge in [-0.05, 0) is 11.6 Å². The third-order valence-electron chi connectivity index (χ3n) is 0.951. The van der Waals surface area contributed by atoms with Crippen molar-refractivity contribution in [2.75, 3.05) is 0 Å². The molecule has 3 nitrogen and oxygen atoms in total.